The van der Waals surface area contributed by atoms with E-state index in [2.05, 4.69) is 0 Å². The molecule has 88 valence electrons. The molecule has 1 fully saturated rings. The van der Waals surface area contributed by atoms with Crippen LogP contribution < -0.4 is 4.74 Å². The highest BCUT2D eigenvalue weighted by molar-refractivity contribution is 7.79. The van der Waals surface area contributed by atoms with E-state index in [1.165, 1.54) is 12.8 Å². The Hall–Kier alpha value is -0.870. The number of benzene rings is 1. The second-order valence-corrected chi connectivity index (χ2v) is 5.23. The molecule has 1 aromatic rings. The Balaban J connectivity index is 1.87. The van der Waals surface area contributed by atoms with Crippen LogP contribution in [0.15, 0.2) is 24.3 Å². The summed E-state index contributed by atoms with van der Waals surface area (Å²) in [5, 5.41) is 0. The predicted octanol–water partition coefficient (Wildman–Crippen LogP) is 2.24. The maximum atomic E-state index is 10.6. The normalized spacial score (nSPS) is 17.1. The molecular formula is C12H16O3S. The van der Waals surface area contributed by atoms with Gasteiger partial charge in [-0.3, -0.25) is 0 Å². The molecule has 16 heavy (non-hydrogen) atoms. The van der Waals surface area contributed by atoms with Gasteiger partial charge in [-0.2, -0.15) is 0 Å². The molecule has 0 saturated heterocycles. The fourth-order valence-corrected chi connectivity index (χ4v) is 1.90. The molecule has 1 N–H and O–H groups in total. The quantitative estimate of drug-likeness (QED) is 0.776. The molecule has 1 aromatic carbocycles. The first-order valence-corrected chi connectivity index (χ1v) is 6.81. The van der Waals surface area contributed by atoms with Gasteiger partial charge in [0, 0.05) is 0 Å². The Morgan fingerprint density at radius 2 is 2.25 bits per heavy atom. The highest BCUT2D eigenvalue weighted by atomic mass is 32.2. The third-order valence-corrected chi connectivity index (χ3v) is 3.20. The lowest BCUT2D eigenvalue weighted by molar-refractivity contribution is 0.299. The molecule has 0 bridgehead atoms. The number of aryl methyl sites for hydroxylation is 1. The lowest BCUT2D eigenvalue weighted by atomic mass is 10.2. The summed E-state index contributed by atoms with van der Waals surface area (Å²) in [6.45, 7) is 0.801. The zero-order chi connectivity index (χ0) is 11.4. The van der Waals surface area contributed by atoms with Gasteiger partial charge in [0.25, 0.3) is 0 Å². The van der Waals surface area contributed by atoms with Crippen LogP contribution in [0.3, 0.4) is 0 Å². The van der Waals surface area contributed by atoms with Gasteiger partial charge in [-0.05, 0) is 42.9 Å². The van der Waals surface area contributed by atoms with Crippen molar-refractivity contribution in [3.63, 3.8) is 0 Å². The van der Waals surface area contributed by atoms with Crippen LogP contribution in [0.2, 0.25) is 0 Å². The van der Waals surface area contributed by atoms with Gasteiger partial charge in [0.1, 0.15) is 5.75 Å². The van der Waals surface area contributed by atoms with Crippen molar-refractivity contribution in [2.45, 2.75) is 19.3 Å². The van der Waals surface area contributed by atoms with E-state index < -0.39 is 11.1 Å². The van der Waals surface area contributed by atoms with Crippen LogP contribution >= 0.6 is 0 Å². The second kappa shape index (κ2) is 5.46. The maximum Gasteiger partial charge on any atom is 0.153 e. The van der Waals surface area contributed by atoms with Crippen molar-refractivity contribution in [3.05, 3.63) is 29.8 Å². The van der Waals surface area contributed by atoms with Gasteiger partial charge in [-0.1, -0.05) is 12.1 Å². The van der Waals surface area contributed by atoms with Crippen molar-refractivity contribution in [2.24, 2.45) is 5.92 Å². The summed E-state index contributed by atoms with van der Waals surface area (Å²) in [5.41, 5.74) is 1.05. The van der Waals surface area contributed by atoms with Crippen molar-refractivity contribution < 1.29 is 13.5 Å². The first-order chi connectivity index (χ1) is 7.74. The van der Waals surface area contributed by atoms with Gasteiger partial charge in [0.15, 0.2) is 11.1 Å². The minimum atomic E-state index is -1.71. The Bertz CT molecular complexity index is 374. The van der Waals surface area contributed by atoms with Gasteiger partial charge in [-0.15, -0.1) is 0 Å². The minimum absolute atomic E-state index is 0.284. The number of rotatable bonds is 6. The first kappa shape index (κ1) is 11.6. The summed E-state index contributed by atoms with van der Waals surface area (Å²) in [4.78, 5) is 0. The third-order valence-electron chi connectivity index (χ3n) is 2.65. The van der Waals surface area contributed by atoms with Gasteiger partial charge in [-0.25, -0.2) is 4.21 Å². The predicted molar refractivity (Wildman–Crippen MR) is 64.0 cm³/mol. The lowest BCUT2D eigenvalue weighted by Gasteiger charge is -2.06. The van der Waals surface area contributed by atoms with E-state index in [4.69, 9.17) is 9.29 Å². The zero-order valence-corrected chi connectivity index (χ0v) is 9.91. The van der Waals surface area contributed by atoms with Crippen molar-refractivity contribution in [1.82, 2.24) is 0 Å². The van der Waals surface area contributed by atoms with E-state index in [1.54, 1.807) is 0 Å². The number of hydrogen-bond donors (Lipinski definition) is 1. The topological polar surface area (TPSA) is 46.5 Å². The molecule has 0 aromatic heterocycles. The van der Waals surface area contributed by atoms with E-state index in [9.17, 15) is 4.21 Å². The third kappa shape index (κ3) is 3.94. The molecule has 4 heteroatoms. The lowest BCUT2D eigenvalue weighted by Crippen LogP contribution is -2.01. The first-order valence-electron chi connectivity index (χ1n) is 5.53. The highest BCUT2D eigenvalue weighted by Crippen LogP contribution is 2.29. The molecule has 0 amide bonds. The van der Waals surface area contributed by atoms with Crippen LogP contribution in [-0.2, 0) is 17.5 Å². The fourth-order valence-electron chi connectivity index (χ4n) is 1.49. The highest BCUT2D eigenvalue weighted by Gasteiger charge is 2.21. The standard InChI is InChI=1S/C12H16O3S/c13-16(14)7-6-10-2-1-3-12(8-10)15-9-11-4-5-11/h1-3,8,11H,4-7,9H2,(H,13,14). The molecule has 0 heterocycles. The van der Waals surface area contributed by atoms with Crippen molar-refractivity contribution in [3.8, 4) is 5.75 Å². The summed E-state index contributed by atoms with van der Waals surface area (Å²) in [6.07, 6.45) is 3.18. The molecule has 0 spiro atoms. The van der Waals surface area contributed by atoms with E-state index in [-0.39, 0.29) is 5.75 Å². The molecule has 2 rings (SSSR count). The monoisotopic (exact) mass is 240 g/mol. The Kier molecular flexibility index (Phi) is 3.96. The van der Waals surface area contributed by atoms with Crippen LogP contribution in [0.5, 0.6) is 5.75 Å². The molecular weight excluding hydrogens is 224 g/mol. The summed E-state index contributed by atoms with van der Waals surface area (Å²) in [6, 6.07) is 7.77. The molecule has 3 nitrogen and oxygen atoms in total. The molecule has 0 aliphatic heterocycles. The Morgan fingerprint density at radius 3 is 2.94 bits per heavy atom. The smallest absolute Gasteiger partial charge is 0.153 e. The van der Waals surface area contributed by atoms with Crippen LogP contribution in [-0.4, -0.2) is 21.1 Å². The molecule has 1 aliphatic rings. The maximum absolute atomic E-state index is 10.6. The minimum Gasteiger partial charge on any atom is -0.493 e. The molecule has 0 radical (unpaired) electrons. The van der Waals surface area contributed by atoms with Gasteiger partial charge >= 0.3 is 0 Å². The second-order valence-electron chi connectivity index (χ2n) is 4.18. The summed E-state index contributed by atoms with van der Waals surface area (Å²) in [5.74, 6) is 1.90. The summed E-state index contributed by atoms with van der Waals surface area (Å²) in [7, 11) is 0. The Morgan fingerprint density at radius 1 is 1.44 bits per heavy atom. The molecule has 1 saturated carbocycles. The van der Waals surface area contributed by atoms with Crippen LogP contribution in [0.1, 0.15) is 18.4 Å². The van der Waals surface area contributed by atoms with Gasteiger partial charge < -0.3 is 9.29 Å². The summed E-state index contributed by atoms with van der Waals surface area (Å²) < 4.78 is 24.9. The van der Waals surface area contributed by atoms with Crippen molar-refractivity contribution in [1.29, 1.82) is 0 Å². The van der Waals surface area contributed by atoms with Crippen molar-refractivity contribution >= 4 is 11.1 Å². The van der Waals surface area contributed by atoms with Crippen molar-refractivity contribution in [2.75, 3.05) is 12.4 Å². The molecule has 1 aliphatic carbocycles. The van der Waals surface area contributed by atoms with E-state index in [0.717, 1.165) is 23.8 Å². The molecule has 1 atom stereocenters. The number of ether oxygens (including phenoxy) is 1. The fraction of sp³-hybridized carbons (Fsp3) is 0.500. The average molecular weight is 240 g/mol. The summed E-state index contributed by atoms with van der Waals surface area (Å²) >= 11 is -1.71. The van der Waals surface area contributed by atoms with Gasteiger partial charge in [0.2, 0.25) is 0 Å². The van der Waals surface area contributed by atoms with Crippen LogP contribution in [0, 0.1) is 5.92 Å². The average Bonchev–Trinajstić information content (AvgIpc) is 3.08. The SMILES string of the molecule is O=S(O)CCc1cccc(OCC2CC2)c1. The van der Waals surface area contributed by atoms with E-state index >= 15 is 0 Å². The van der Waals surface area contributed by atoms with E-state index in [0.29, 0.717) is 6.42 Å². The zero-order valence-electron chi connectivity index (χ0n) is 9.09. The molecule has 1 unspecified atom stereocenters. The Labute approximate surface area is 98.1 Å². The van der Waals surface area contributed by atoms with Crippen LogP contribution in [0.4, 0.5) is 0 Å². The van der Waals surface area contributed by atoms with Crippen LogP contribution in [0.25, 0.3) is 0 Å². The number of hydrogen-bond acceptors (Lipinski definition) is 2. The van der Waals surface area contributed by atoms with Gasteiger partial charge in [0.05, 0.1) is 12.4 Å². The largest absolute Gasteiger partial charge is 0.493 e. The van der Waals surface area contributed by atoms with E-state index in [1.807, 2.05) is 24.3 Å².